The zero-order chi connectivity index (χ0) is 16.6. The molecule has 8 nitrogen and oxygen atoms in total. The third-order valence-electron chi connectivity index (χ3n) is 3.08. The van der Waals surface area contributed by atoms with E-state index in [1.54, 1.807) is 0 Å². The van der Waals surface area contributed by atoms with Crippen molar-refractivity contribution in [2.75, 3.05) is 0 Å². The zero-order valence-electron chi connectivity index (χ0n) is 12.2. The van der Waals surface area contributed by atoms with Gasteiger partial charge >= 0.3 is 15.4 Å². The fourth-order valence-corrected chi connectivity index (χ4v) is 3.59. The predicted molar refractivity (Wildman–Crippen MR) is 77.4 cm³/mol. The Kier molecular flexibility index (Phi) is 9.48. The van der Waals surface area contributed by atoms with Crippen LogP contribution in [-0.4, -0.2) is 30.2 Å². The molecule has 128 valence electrons. The molecule has 0 aromatic heterocycles. The largest absolute Gasteiger partial charge is 0.472 e. The second kappa shape index (κ2) is 9.38. The second-order valence-electron chi connectivity index (χ2n) is 5.09. The fraction of sp³-hybridized carbons (Fsp3) is 1.00. The lowest BCUT2D eigenvalue weighted by molar-refractivity contribution is -0.102. The molecule has 0 aromatic carbocycles. The molecular formula is C11H26O8P2. The molecule has 1 atom stereocenters. The summed E-state index contributed by atoms with van der Waals surface area (Å²) in [6.45, 7) is 2.12. The van der Waals surface area contributed by atoms with Crippen molar-refractivity contribution in [3.8, 4) is 0 Å². The molecule has 0 rings (SSSR count). The molecule has 0 heterocycles. The standard InChI is InChI=1S/C11H26O8P2/c1-2-3-4-5-6-7-8-9-10-11(12,20(13,14)15)19-21(16,17)18/h12H,2-10H2,1H3,(H2,13,14,15)(H2,16,17,18). The molecule has 0 aliphatic heterocycles. The lowest BCUT2D eigenvalue weighted by Crippen LogP contribution is -2.31. The number of rotatable bonds is 12. The maximum atomic E-state index is 11.1. The number of phosphoric acid groups is 1. The van der Waals surface area contributed by atoms with Gasteiger partial charge in [0.2, 0.25) is 0 Å². The van der Waals surface area contributed by atoms with E-state index in [4.69, 9.17) is 19.6 Å². The van der Waals surface area contributed by atoms with Crippen LogP contribution >= 0.6 is 15.4 Å². The van der Waals surface area contributed by atoms with Gasteiger partial charge in [0.25, 0.3) is 5.53 Å². The van der Waals surface area contributed by atoms with Crippen LogP contribution in [0.25, 0.3) is 0 Å². The first kappa shape index (κ1) is 21.2. The maximum Gasteiger partial charge on any atom is 0.472 e. The van der Waals surface area contributed by atoms with E-state index in [0.717, 1.165) is 32.1 Å². The number of hydrogen-bond acceptors (Lipinski definition) is 4. The molecule has 10 heteroatoms. The third-order valence-corrected chi connectivity index (χ3v) is 4.99. The highest BCUT2D eigenvalue weighted by Crippen LogP contribution is 2.58. The minimum atomic E-state index is -5.21. The Hall–Kier alpha value is 0.220. The van der Waals surface area contributed by atoms with E-state index in [9.17, 15) is 14.2 Å². The molecule has 0 aliphatic rings. The number of aliphatic hydroxyl groups is 1. The van der Waals surface area contributed by atoms with Gasteiger partial charge in [0.1, 0.15) is 0 Å². The molecule has 0 saturated heterocycles. The molecule has 21 heavy (non-hydrogen) atoms. The molecule has 0 radical (unpaired) electrons. The molecule has 5 N–H and O–H groups in total. The first-order valence-corrected chi connectivity index (χ1v) is 10.2. The summed E-state index contributed by atoms with van der Waals surface area (Å²) in [5.74, 6) is 0. The smallest absolute Gasteiger partial charge is 0.356 e. The summed E-state index contributed by atoms with van der Waals surface area (Å²) in [4.78, 5) is 35.2. The van der Waals surface area contributed by atoms with Crippen molar-refractivity contribution in [1.29, 1.82) is 0 Å². The Balaban J connectivity index is 4.16. The van der Waals surface area contributed by atoms with Gasteiger partial charge in [-0.1, -0.05) is 51.9 Å². The molecule has 1 unspecified atom stereocenters. The van der Waals surface area contributed by atoms with E-state index in [2.05, 4.69) is 11.4 Å². The minimum absolute atomic E-state index is 0.204. The van der Waals surface area contributed by atoms with Gasteiger partial charge in [-0.2, -0.15) is 0 Å². The topological polar surface area (TPSA) is 145 Å². The average Bonchev–Trinajstić information content (AvgIpc) is 2.29. The highest BCUT2D eigenvalue weighted by Gasteiger charge is 2.50. The molecule has 0 amide bonds. The fourth-order valence-electron chi connectivity index (χ4n) is 1.92. The normalized spacial score (nSPS) is 15.9. The van der Waals surface area contributed by atoms with Crippen LogP contribution in [0.4, 0.5) is 0 Å². The molecule has 0 aliphatic carbocycles. The minimum Gasteiger partial charge on any atom is -0.356 e. The zero-order valence-corrected chi connectivity index (χ0v) is 14.0. The Labute approximate surface area is 124 Å². The molecule has 0 bridgehead atoms. The molecular weight excluding hydrogens is 322 g/mol. The number of phosphoric ester groups is 1. The number of unbranched alkanes of at least 4 members (excludes halogenated alkanes) is 7. The van der Waals surface area contributed by atoms with Crippen molar-refractivity contribution in [3.63, 3.8) is 0 Å². The van der Waals surface area contributed by atoms with Gasteiger partial charge in [-0.3, -0.25) is 4.57 Å². The van der Waals surface area contributed by atoms with E-state index in [1.165, 1.54) is 6.42 Å². The molecule has 0 fully saturated rings. The average molecular weight is 348 g/mol. The van der Waals surface area contributed by atoms with Crippen molar-refractivity contribution >= 4 is 15.4 Å². The summed E-state index contributed by atoms with van der Waals surface area (Å²) >= 11 is 0. The van der Waals surface area contributed by atoms with E-state index >= 15 is 0 Å². The summed E-state index contributed by atoms with van der Waals surface area (Å²) in [6.07, 6.45) is 6.62. The van der Waals surface area contributed by atoms with Gasteiger partial charge in [-0.05, 0) is 6.42 Å². The third kappa shape index (κ3) is 9.76. The number of hydrogen-bond donors (Lipinski definition) is 5. The summed E-state index contributed by atoms with van der Waals surface area (Å²) in [7, 11) is -10.4. The van der Waals surface area contributed by atoms with Gasteiger partial charge in [0.15, 0.2) is 0 Å². The van der Waals surface area contributed by atoms with E-state index in [-0.39, 0.29) is 6.42 Å². The van der Waals surface area contributed by atoms with Crippen molar-refractivity contribution in [3.05, 3.63) is 0 Å². The van der Waals surface area contributed by atoms with E-state index < -0.39 is 27.4 Å². The lowest BCUT2D eigenvalue weighted by Gasteiger charge is -2.28. The van der Waals surface area contributed by atoms with Crippen LogP contribution in [0.1, 0.15) is 64.7 Å². The van der Waals surface area contributed by atoms with Crippen molar-refractivity contribution < 1.29 is 38.3 Å². The summed E-state index contributed by atoms with van der Waals surface area (Å²) in [6, 6.07) is 0. The second-order valence-corrected chi connectivity index (χ2v) is 8.04. The van der Waals surface area contributed by atoms with Crippen LogP contribution in [-0.2, 0) is 13.7 Å². The van der Waals surface area contributed by atoms with Gasteiger partial charge in [0.05, 0.1) is 0 Å². The monoisotopic (exact) mass is 348 g/mol. The Bertz CT molecular complexity index is 376. The first-order valence-electron chi connectivity index (χ1n) is 7.06. The van der Waals surface area contributed by atoms with Crippen molar-refractivity contribution in [2.45, 2.75) is 70.2 Å². The molecule has 0 aromatic rings. The SMILES string of the molecule is CCCCCCCCCCC(O)(OP(=O)(O)O)P(=O)(O)O. The van der Waals surface area contributed by atoms with E-state index in [0.29, 0.717) is 6.42 Å². The van der Waals surface area contributed by atoms with Crippen LogP contribution in [0.2, 0.25) is 0 Å². The summed E-state index contributed by atoms with van der Waals surface area (Å²) < 4.78 is 25.8. The van der Waals surface area contributed by atoms with Crippen LogP contribution < -0.4 is 0 Å². The van der Waals surface area contributed by atoms with Crippen LogP contribution in [0.15, 0.2) is 0 Å². The molecule has 0 saturated carbocycles. The van der Waals surface area contributed by atoms with Gasteiger partial charge in [-0.15, -0.1) is 0 Å². The van der Waals surface area contributed by atoms with Crippen molar-refractivity contribution in [2.24, 2.45) is 0 Å². The highest BCUT2D eigenvalue weighted by molar-refractivity contribution is 7.54. The first-order chi connectivity index (χ1) is 9.52. The van der Waals surface area contributed by atoms with Crippen molar-refractivity contribution in [1.82, 2.24) is 0 Å². The quantitative estimate of drug-likeness (QED) is 0.205. The Morgan fingerprint density at radius 1 is 0.857 bits per heavy atom. The van der Waals surface area contributed by atoms with E-state index in [1.807, 2.05) is 0 Å². The van der Waals surface area contributed by atoms with Crippen LogP contribution in [0.5, 0.6) is 0 Å². The predicted octanol–water partition coefficient (Wildman–Crippen LogP) is 2.45. The highest BCUT2D eigenvalue weighted by atomic mass is 31.2. The van der Waals surface area contributed by atoms with Crippen LogP contribution in [0, 0.1) is 0 Å². The maximum absolute atomic E-state index is 11.1. The summed E-state index contributed by atoms with van der Waals surface area (Å²) in [5, 5.41) is 9.68. The Morgan fingerprint density at radius 2 is 1.29 bits per heavy atom. The van der Waals surface area contributed by atoms with Gasteiger partial charge in [-0.25, -0.2) is 9.09 Å². The lowest BCUT2D eigenvalue weighted by atomic mass is 10.1. The van der Waals surface area contributed by atoms with Gasteiger partial charge in [0, 0.05) is 6.42 Å². The molecule has 0 spiro atoms. The summed E-state index contributed by atoms with van der Waals surface area (Å²) in [5.41, 5.74) is -3.13. The van der Waals surface area contributed by atoms with Gasteiger partial charge < -0.3 is 24.7 Å². The van der Waals surface area contributed by atoms with Crippen LogP contribution in [0.3, 0.4) is 0 Å². The Morgan fingerprint density at radius 3 is 1.67 bits per heavy atom.